The van der Waals surface area contributed by atoms with Crippen LogP contribution in [0.1, 0.15) is 32.8 Å². The molecule has 0 saturated heterocycles. The van der Waals surface area contributed by atoms with Crippen molar-refractivity contribution < 1.29 is 23.9 Å². The van der Waals surface area contributed by atoms with Crippen LogP contribution in [0.15, 0.2) is 30.3 Å². The number of ether oxygens (including phenoxy) is 2. The molecule has 0 aliphatic rings. The van der Waals surface area contributed by atoms with E-state index in [1.54, 1.807) is 0 Å². The third kappa shape index (κ3) is 6.82. The zero-order valence-electron chi connectivity index (χ0n) is 15.1. The second-order valence-electron chi connectivity index (χ2n) is 5.82. The molecule has 0 aromatic heterocycles. The van der Waals surface area contributed by atoms with Crippen LogP contribution in [0.3, 0.4) is 0 Å². The lowest BCUT2D eigenvalue weighted by molar-refractivity contribution is -0.144. The Morgan fingerprint density at radius 2 is 1.72 bits per heavy atom. The summed E-state index contributed by atoms with van der Waals surface area (Å²) in [5, 5.41) is 5.12. The zero-order chi connectivity index (χ0) is 18.8. The quantitative estimate of drug-likeness (QED) is 0.700. The van der Waals surface area contributed by atoms with Gasteiger partial charge in [-0.05, 0) is 18.4 Å². The Kier molecular flexibility index (Phi) is 8.46. The van der Waals surface area contributed by atoms with E-state index in [2.05, 4.69) is 15.4 Å². The van der Waals surface area contributed by atoms with Crippen LogP contribution in [-0.4, -0.2) is 37.2 Å². The van der Waals surface area contributed by atoms with Crippen molar-refractivity contribution in [3.8, 4) is 0 Å². The van der Waals surface area contributed by atoms with Crippen molar-refractivity contribution in [1.29, 1.82) is 0 Å². The van der Waals surface area contributed by atoms with Crippen LogP contribution in [0.2, 0.25) is 0 Å². The summed E-state index contributed by atoms with van der Waals surface area (Å²) >= 11 is 0. The Balaban J connectivity index is 2.63. The van der Waals surface area contributed by atoms with Crippen molar-refractivity contribution >= 4 is 18.0 Å². The minimum absolute atomic E-state index is 0.111. The summed E-state index contributed by atoms with van der Waals surface area (Å²) in [6, 6.07) is 7.64. The number of methoxy groups -OCH3 is 1. The van der Waals surface area contributed by atoms with Gasteiger partial charge in [0.15, 0.2) is 0 Å². The molecule has 0 aliphatic heterocycles. The summed E-state index contributed by atoms with van der Waals surface area (Å²) in [7, 11) is 1.25. The lowest BCUT2D eigenvalue weighted by Gasteiger charge is -2.24. The Labute approximate surface area is 148 Å². The average molecular weight is 350 g/mol. The Morgan fingerprint density at radius 3 is 2.28 bits per heavy atom. The first kappa shape index (κ1) is 20.5. The van der Waals surface area contributed by atoms with Crippen molar-refractivity contribution in [3.05, 3.63) is 35.9 Å². The van der Waals surface area contributed by atoms with Crippen LogP contribution in [0.4, 0.5) is 4.79 Å². The van der Waals surface area contributed by atoms with E-state index in [0.717, 1.165) is 5.56 Å². The van der Waals surface area contributed by atoms with Gasteiger partial charge in [-0.15, -0.1) is 0 Å². The highest BCUT2D eigenvalue weighted by Crippen LogP contribution is 2.09. The average Bonchev–Trinajstić information content (AvgIpc) is 2.63. The standard InChI is InChI=1S/C18H26N2O5/c1-5-12(2)15(16(21)19-13(3)17(22)24-4)20-18(23)25-11-14-9-7-6-8-10-14/h6-10,12-13,15H,5,11H2,1-4H3,(H,19,21)(H,20,23)/t12-,13+,15+/m1/s1. The second-order valence-corrected chi connectivity index (χ2v) is 5.82. The van der Waals surface area contributed by atoms with Crippen LogP contribution < -0.4 is 10.6 Å². The summed E-state index contributed by atoms with van der Waals surface area (Å²) in [5.74, 6) is -1.14. The first-order valence-corrected chi connectivity index (χ1v) is 8.24. The molecule has 0 saturated carbocycles. The van der Waals surface area contributed by atoms with Gasteiger partial charge in [0.05, 0.1) is 7.11 Å². The topological polar surface area (TPSA) is 93.7 Å². The molecule has 0 heterocycles. The number of carbonyl (C=O) groups excluding carboxylic acids is 3. The monoisotopic (exact) mass is 350 g/mol. The zero-order valence-corrected chi connectivity index (χ0v) is 15.1. The first-order valence-electron chi connectivity index (χ1n) is 8.24. The first-order chi connectivity index (χ1) is 11.9. The largest absolute Gasteiger partial charge is 0.467 e. The van der Waals surface area contributed by atoms with Crippen molar-refractivity contribution in [3.63, 3.8) is 0 Å². The van der Waals surface area contributed by atoms with E-state index in [4.69, 9.17) is 4.74 Å². The molecule has 0 fully saturated rings. The van der Waals surface area contributed by atoms with E-state index in [1.807, 2.05) is 44.2 Å². The Bertz CT molecular complexity index is 576. The molecule has 0 bridgehead atoms. The van der Waals surface area contributed by atoms with Gasteiger partial charge in [-0.25, -0.2) is 9.59 Å². The highest BCUT2D eigenvalue weighted by molar-refractivity contribution is 5.89. The van der Waals surface area contributed by atoms with Gasteiger partial charge in [-0.2, -0.15) is 0 Å². The molecule has 2 amide bonds. The third-order valence-corrected chi connectivity index (χ3v) is 3.90. The molecule has 0 radical (unpaired) electrons. The van der Waals surface area contributed by atoms with E-state index in [9.17, 15) is 14.4 Å². The maximum atomic E-state index is 12.4. The van der Waals surface area contributed by atoms with Gasteiger partial charge in [0.1, 0.15) is 18.7 Å². The second kappa shape index (κ2) is 10.3. The summed E-state index contributed by atoms with van der Waals surface area (Å²) in [6.45, 7) is 5.38. The predicted octanol–water partition coefficient (Wildman–Crippen LogP) is 2.01. The normalized spacial score (nSPS) is 13.9. The maximum Gasteiger partial charge on any atom is 0.408 e. The van der Waals surface area contributed by atoms with Gasteiger partial charge in [-0.3, -0.25) is 4.79 Å². The van der Waals surface area contributed by atoms with Crippen LogP contribution in [0, 0.1) is 5.92 Å². The van der Waals surface area contributed by atoms with Crippen molar-refractivity contribution in [2.45, 2.75) is 45.9 Å². The van der Waals surface area contributed by atoms with E-state index in [0.29, 0.717) is 6.42 Å². The Morgan fingerprint density at radius 1 is 1.08 bits per heavy atom. The molecular weight excluding hydrogens is 324 g/mol. The molecular formula is C18H26N2O5. The third-order valence-electron chi connectivity index (χ3n) is 3.90. The van der Waals surface area contributed by atoms with Gasteiger partial charge in [-0.1, -0.05) is 50.6 Å². The fraction of sp³-hybridized carbons (Fsp3) is 0.500. The van der Waals surface area contributed by atoms with E-state index < -0.39 is 30.1 Å². The predicted molar refractivity (Wildman–Crippen MR) is 92.6 cm³/mol. The van der Waals surface area contributed by atoms with Crippen LogP contribution in [0.5, 0.6) is 0 Å². The van der Waals surface area contributed by atoms with Crippen molar-refractivity contribution in [2.75, 3.05) is 7.11 Å². The molecule has 1 aromatic carbocycles. The number of benzene rings is 1. The van der Waals surface area contributed by atoms with Crippen molar-refractivity contribution in [2.24, 2.45) is 5.92 Å². The van der Waals surface area contributed by atoms with Crippen LogP contribution in [0.25, 0.3) is 0 Å². The number of hydrogen-bond acceptors (Lipinski definition) is 5. The van der Waals surface area contributed by atoms with E-state index in [-0.39, 0.29) is 12.5 Å². The summed E-state index contributed by atoms with van der Waals surface area (Å²) in [5.41, 5.74) is 0.849. The SMILES string of the molecule is CC[C@@H](C)[C@H](NC(=O)OCc1ccccc1)C(=O)N[C@@H](C)C(=O)OC. The fourth-order valence-corrected chi connectivity index (χ4v) is 2.13. The molecule has 0 spiro atoms. The Hall–Kier alpha value is -2.57. The molecule has 3 atom stereocenters. The maximum absolute atomic E-state index is 12.4. The smallest absolute Gasteiger partial charge is 0.408 e. The fourth-order valence-electron chi connectivity index (χ4n) is 2.13. The molecule has 7 heteroatoms. The molecule has 2 N–H and O–H groups in total. The van der Waals surface area contributed by atoms with Gasteiger partial charge >= 0.3 is 12.1 Å². The molecule has 0 aliphatic carbocycles. The summed E-state index contributed by atoms with van der Waals surface area (Å²) in [4.78, 5) is 35.9. The highest BCUT2D eigenvalue weighted by atomic mass is 16.5. The molecule has 138 valence electrons. The molecule has 7 nitrogen and oxygen atoms in total. The van der Waals surface area contributed by atoms with Gasteiger partial charge in [0.25, 0.3) is 0 Å². The van der Waals surface area contributed by atoms with Gasteiger partial charge < -0.3 is 20.1 Å². The van der Waals surface area contributed by atoms with Crippen LogP contribution in [-0.2, 0) is 25.7 Å². The molecule has 1 aromatic rings. The van der Waals surface area contributed by atoms with E-state index >= 15 is 0 Å². The van der Waals surface area contributed by atoms with Crippen molar-refractivity contribution in [1.82, 2.24) is 10.6 Å². The van der Waals surface area contributed by atoms with Gasteiger partial charge in [0.2, 0.25) is 5.91 Å². The van der Waals surface area contributed by atoms with Crippen LogP contribution >= 0.6 is 0 Å². The lowest BCUT2D eigenvalue weighted by Crippen LogP contribution is -2.53. The lowest BCUT2D eigenvalue weighted by atomic mass is 9.98. The number of alkyl carbamates (subject to hydrolysis) is 1. The highest BCUT2D eigenvalue weighted by Gasteiger charge is 2.29. The molecule has 0 unspecified atom stereocenters. The van der Waals surface area contributed by atoms with E-state index in [1.165, 1.54) is 14.0 Å². The number of carbonyl (C=O) groups is 3. The number of rotatable bonds is 8. The molecule has 1 rings (SSSR count). The van der Waals surface area contributed by atoms with Gasteiger partial charge in [0, 0.05) is 0 Å². The molecule has 25 heavy (non-hydrogen) atoms. The number of nitrogens with one attached hydrogen (secondary N) is 2. The summed E-state index contributed by atoms with van der Waals surface area (Å²) < 4.78 is 9.74. The minimum atomic E-state index is -0.805. The summed E-state index contributed by atoms with van der Waals surface area (Å²) in [6.07, 6.45) is -0.0149. The minimum Gasteiger partial charge on any atom is -0.467 e. The number of amides is 2. The number of hydrogen-bond donors (Lipinski definition) is 2. The number of esters is 1.